The number of benzene rings is 1. The van der Waals surface area contributed by atoms with Crippen LogP contribution in [-0.4, -0.2) is 25.3 Å². The van der Waals surface area contributed by atoms with Crippen LogP contribution in [0.3, 0.4) is 0 Å². The monoisotopic (exact) mass is 220 g/mol. The average molecular weight is 220 g/mol. The van der Waals surface area contributed by atoms with Crippen LogP contribution < -0.4 is 9.47 Å². The zero-order valence-corrected chi connectivity index (χ0v) is 9.11. The number of carboxylic acids is 1. The zero-order valence-electron chi connectivity index (χ0n) is 9.11. The van der Waals surface area contributed by atoms with Crippen molar-refractivity contribution in [2.45, 2.75) is 6.42 Å². The highest BCUT2D eigenvalue weighted by molar-refractivity contribution is 5.86. The quantitative estimate of drug-likeness (QED) is 0.781. The van der Waals surface area contributed by atoms with Gasteiger partial charge in [0.25, 0.3) is 0 Å². The van der Waals surface area contributed by atoms with Crippen LogP contribution in [-0.2, 0) is 11.2 Å². The topological polar surface area (TPSA) is 55.8 Å². The van der Waals surface area contributed by atoms with E-state index in [4.69, 9.17) is 14.6 Å². The number of carboxylic acid groups (broad SMARTS) is 1. The Morgan fingerprint density at radius 2 is 2.12 bits per heavy atom. The van der Waals surface area contributed by atoms with E-state index in [2.05, 4.69) is 11.8 Å². The number of ether oxygens (including phenoxy) is 2. The van der Waals surface area contributed by atoms with E-state index in [-0.39, 0.29) is 0 Å². The van der Waals surface area contributed by atoms with Gasteiger partial charge >= 0.3 is 5.97 Å². The molecule has 4 nitrogen and oxygen atoms in total. The van der Waals surface area contributed by atoms with Crippen molar-refractivity contribution in [3.05, 3.63) is 23.8 Å². The van der Waals surface area contributed by atoms with E-state index < -0.39 is 5.97 Å². The maximum absolute atomic E-state index is 10.2. The van der Waals surface area contributed by atoms with Crippen molar-refractivity contribution in [1.29, 1.82) is 0 Å². The van der Waals surface area contributed by atoms with E-state index in [1.807, 2.05) is 0 Å². The van der Waals surface area contributed by atoms with E-state index in [0.29, 0.717) is 17.9 Å². The standard InChI is InChI=1S/C12H12O4/c1-15-10-7-6-9(11(8-10)16-2)4-3-5-12(13)14/h6-8H,4H2,1-2H3,(H,13,14). The fourth-order valence-corrected chi connectivity index (χ4v) is 1.21. The molecule has 0 saturated heterocycles. The molecule has 84 valence electrons. The molecule has 16 heavy (non-hydrogen) atoms. The van der Waals surface area contributed by atoms with Crippen LogP contribution in [0.25, 0.3) is 0 Å². The van der Waals surface area contributed by atoms with Crippen molar-refractivity contribution in [3.8, 4) is 23.3 Å². The van der Waals surface area contributed by atoms with Crippen molar-refractivity contribution in [2.75, 3.05) is 14.2 Å². The predicted molar refractivity (Wildman–Crippen MR) is 58.7 cm³/mol. The van der Waals surface area contributed by atoms with Crippen LogP contribution in [0.15, 0.2) is 18.2 Å². The molecule has 0 amide bonds. The van der Waals surface area contributed by atoms with Gasteiger partial charge in [0.15, 0.2) is 0 Å². The lowest BCUT2D eigenvalue weighted by molar-refractivity contribution is -0.130. The number of aliphatic carboxylic acids is 1. The second kappa shape index (κ2) is 5.66. The van der Waals surface area contributed by atoms with E-state index in [1.165, 1.54) is 0 Å². The lowest BCUT2D eigenvalue weighted by Gasteiger charge is -2.07. The van der Waals surface area contributed by atoms with Gasteiger partial charge in [0.2, 0.25) is 0 Å². The zero-order chi connectivity index (χ0) is 12.0. The molecule has 0 atom stereocenters. The minimum atomic E-state index is -1.13. The summed E-state index contributed by atoms with van der Waals surface area (Å²) in [5.41, 5.74) is 0.831. The second-order valence-electron chi connectivity index (χ2n) is 2.96. The Kier molecular flexibility index (Phi) is 4.22. The molecule has 0 aromatic heterocycles. The fraction of sp³-hybridized carbons (Fsp3) is 0.250. The molecule has 0 fully saturated rings. The SMILES string of the molecule is COc1ccc(CC#CC(=O)O)c(OC)c1. The van der Waals surface area contributed by atoms with Crippen LogP contribution >= 0.6 is 0 Å². The highest BCUT2D eigenvalue weighted by Gasteiger charge is 2.03. The number of hydrogen-bond acceptors (Lipinski definition) is 3. The van der Waals surface area contributed by atoms with Crippen LogP contribution in [0.2, 0.25) is 0 Å². The Morgan fingerprint density at radius 3 is 2.69 bits per heavy atom. The highest BCUT2D eigenvalue weighted by atomic mass is 16.5. The van der Waals surface area contributed by atoms with Gasteiger partial charge in [-0.1, -0.05) is 12.0 Å². The Morgan fingerprint density at radius 1 is 1.38 bits per heavy atom. The third-order valence-corrected chi connectivity index (χ3v) is 1.97. The Bertz CT molecular complexity index is 440. The van der Waals surface area contributed by atoms with Crippen molar-refractivity contribution in [1.82, 2.24) is 0 Å². The first kappa shape index (κ1) is 11.9. The lowest BCUT2D eigenvalue weighted by atomic mass is 10.1. The summed E-state index contributed by atoms with van der Waals surface area (Å²) in [7, 11) is 3.11. The van der Waals surface area contributed by atoms with Crippen molar-refractivity contribution >= 4 is 5.97 Å². The van der Waals surface area contributed by atoms with Crippen LogP contribution in [0.1, 0.15) is 5.56 Å². The van der Waals surface area contributed by atoms with Crippen molar-refractivity contribution in [3.63, 3.8) is 0 Å². The first-order valence-electron chi connectivity index (χ1n) is 4.60. The number of rotatable bonds is 3. The molecular formula is C12H12O4. The van der Waals surface area contributed by atoms with Crippen LogP contribution in [0.5, 0.6) is 11.5 Å². The highest BCUT2D eigenvalue weighted by Crippen LogP contribution is 2.24. The molecule has 0 bridgehead atoms. The molecule has 0 heterocycles. The minimum absolute atomic E-state index is 0.333. The van der Waals surface area contributed by atoms with Gasteiger partial charge in [-0.15, -0.1) is 0 Å². The molecule has 0 aliphatic carbocycles. The Labute approximate surface area is 93.8 Å². The third kappa shape index (κ3) is 3.21. The molecule has 4 heteroatoms. The van der Waals surface area contributed by atoms with Gasteiger partial charge in [0.1, 0.15) is 11.5 Å². The smallest absolute Gasteiger partial charge is 0.381 e. The average Bonchev–Trinajstić information content (AvgIpc) is 2.29. The molecule has 1 rings (SSSR count). The van der Waals surface area contributed by atoms with Gasteiger partial charge in [-0.2, -0.15) is 0 Å². The molecule has 0 unspecified atom stereocenters. The Hall–Kier alpha value is -2.15. The van der Waals surface area contributed by atoms with E-state index in [0.717, 1.165) is 5.56 Å². The summed E-state index contributed by atoms with van der Waals surface area (Å²) in [5, 5.41) is 8.38. The van der Waals surface area contributed by atoms with Gasteiger partial charge in [-0.05, 0) is 6.07 Å². The van der Waals surface area contributed by atoms with Crippen LogP contribution in [0, 0.1) is 11.8 Å². The molecular weight excluding hydrogens is 208 g/mol. The summed E-state index contributed by atoms with van der Waals surface area (Å²) in [4.78, 5) is 10.2. The molecule has 1 N–H and O–H groups in total. The Balaban J connectivity index is 2.88. The lowest BCUT2D eigenvalue weighted by Crippen LogP contribution is -1.93. The van der Waals surface area contributed by atoms with Crippen LogP contribution in [0.4, 0.5) is 0 Å². The summed E-state index contributed by atoms with van der Waals surface area (Å²) in [6.45, 7) is 0. The maximum Gasteiger partial charge on any atom is 0.381 e. The summed E-state index contributed by atoms with van der Waals surface area (Å²) in [5.74, 6) is 4.79. The first-order valence-corrected chi connectivity index (χ1v) is 4.60. The van der Waals surface area contributed by atoms with Gasteiger partial charge in [-0.3, -0.25) is 0 Å². The minimum Gasteiger partial charge on any atom is -0.497 e. The molecule has 0 saturated carbocycles. The van der Waals surface area contributed by atoms with Gasteiger partial charge < -0.3 is 14.6 Å². The number of hydrogen-bond donors (Lipinski definition) is 1. The van der Waals surface area contributed by atoms with Gasteiger partial charge in [0, 0.05) is 24.0 Å². The summed E-state index contributed by atoms with van der Waals surface area (Å²) in [6, 6.07) is 5.31. The summed E-state index contributed by atoms with van der Waals surface area (Å²) in [6.07, 6.45) is 0.333. The van der Waals surface area contributed by atoms with Gasteiger partial charge in [-0.25, -0.2) is 4.79 Å². The van der Waals surface area contributed by atoms with E-state index >= 15 is 0 Å². The molecule has 0 aliphatic rings. The van der Waals surface area contributed by atoms with Crippen molar-refractivity contribution in [2.24, 2.45) is 0 Å². The van der Waals surface area contributed by atoms with E-state index in [9.17, 15) is 4.79 Å². The fourth-order valence-electron chi connectivity index (χ4n) is 1.21. The maximum atomic E-state index is 10.2. The van der Waals surface area contributed by atoms with E-state index in [1.54, 1.807) is 32.4 Å². The number of carbonyl (C=O) groups is 1. The number of methoxy groups -OCH3 is 2. The summed E-state index contributed by atoms with van der Waals surface area (Å²) < 4.78 is 10.2. The van der Waals surface area contributed by atoms with Crippen molar-refractivity contribution < 1.29 is 19.4 Å². The van der Waals surface area contributed by atoms with Gasteiger partial charge in [0.05, 0.1) is 14.2 Å². The first-order chi connectivity index (χ1) is 7.67. The third-order valence-electron chi connectivity index (χ3n) is 1.97. The summed E-state index contributed by atoms with van der Waals surface area (Å²) >= 11 is 0. The molecule has 0 radical (unpaired) electrons. The predicted octanol–water partition coefficient (Wildman–Crippen LogP) is 1.33. The normalized spacial score (nSPS) is 8.88. The molecule has 1 aromatic carbocycles. The molecule has 0 spiro atoms. The molecule has 0 aliphatic heterocycles. The second-order valence-corrected chi connectivity index (χ2v) is 2.96. The molecule has 1 aromatic rings. The largest absolute Gasteiger partial charge is 0.497 e.